The zero-order valence-corrected chi connectivity index (χ0v) is 11.0. The zero-order valence-electron chi connectivity index (χ0n) is 11.0. The van der Waals surface area contributed by atoms with Crippen LogP contribution in [0, 0.1) is 5.41 Å². The second-order valence-corrected chi connectivity index (χ2v) is 6.50. The van der Waals surface area contributed by atoms with Crippen molar-refractivity contribution in [1.82, 2.24) is 5.32 Å². The van der Waals surface area contributed by atoms with Crippen LogP contribution in [-0.2, 0) is 4.74 Å². The molecule has 2 aliphatic carbocycles. The van der Waals surface area contributed by atoms with E-state index < -0.39 is 17.2 Å². The molecule has 0 bridgehead atoms. The van der Waals surface area contributed by atoms with Gasteiger partial charge in [-0.25, -0.2) is 4.79 Å². The Bertz CT molecular complexity index is 308. The molecule has 4 nitrogen and oxygen atoms in total. The van der Waals surface area contributed by atoms with Gasteiger partial charge in [0.1, 0.15) is 5.60 Å². The molecule has 0 radical (unpaired) electrons. The summed E-state index contributed by atoms with van der Waals surface area (Å²) in [4.78, 5) is 11.8. The number of carbonyl (C=O) groups excluding carboxylic acids is 1. The Morgan fingerprint density at radius 2 is 1.94 bits per heavy atom. The second kappa shape index (κ2) is 3.87. The van der Waals surface area contributed by atoms with Crippen LogP contribution >= 0.6 is 0 Å². The first kappa shape index (κ1) is 12.7. The summed E-state index contributed by atoms with van der Waals surface area (Å²) < 4.78 is 5.27. The molecule has 17 heavy (non-hydrogen) atoms. The summed E-state index contributed by atoms with van der Waals surface area (Å²) >= 11 is 0. The average Bonchev–Trinajstić information content (AvgIpc) is 2.06. The van der Waals surface area contributed by atoms with Gasteiger partial charge in [-0.2, -0.15) is 0 Å². The van der Waals surface area contributed by atoms with Crippen molar-refractivity contribution in [3.05, 3.63) is 0 Å². The van der Waals surface area contributed by atoms with Crippen molar-refractivity contribution in [2.75, 3.05) is 6.61 Å². The van der Waals surface area contributed by atoms with Crippen LogP contribution in [0.4, 0.5) is 4.79 Å². The third-order valence-electron chi connectivity index (χ3n) is 4.37. The Labute approximate surface area is 103 Å². The first-order chi connectivity index (χ1) is 7.83. The van der Waals surface area contributed by atoms with Gasteiger partial charge in [-0.05, 0) is 51.9 Å². The van der Waals surface area contributed by atoms with E-state index in [1.807, 2.05) is 20.8 Å². The highest BCUT2D eigenvalue weighted by Gasteiger charge is 2.62. The van der Waals surface area contributed by atoms with Crippen molar-refractivity contribution >= 4 is 6.09 Å². The zero-order chi connectivity index (χ0) is 12.7. The number of hydrogen-bond donors (Lipinski definition) is 2. The summed E-state index contributed by atoms with van der Waals surface area (Å²) in [7, 11) is 0. The van der Waals surface area contributed by atoms with Crippen LogP contribution < -0.4 is 5.32 Å². The van der Waals surface area contributed by atoms with Crippen LogP contribution in [0.15, 0.2) is 0 Å². The number of ether oxygens (including phenoxy) is 1. The molecule has 1 spiro atoms. The molecule has 2 N–H and O–H groups in total. The number of aliphatic hydroxyl groups is 1. The Hall–Kier alpha value is -0.770. The number of alkyl carbamates (subject to hydrolysis) is 1. The lowest BCUT2D eigenvalue weighted by molar-refractivity contribution is -0.119. The van der Waals surface area contributed by atoms with Crippen LogP contribution in [0.5, 0.6) is 0 Å². The first-order valence-electron chi connectivity index (χ1n) is 6.45. The third kappa shape index (κ3) is 2.03. The standard InChI is InChI=1S/C13H23NO3/c1-11(2,3)17-10(16)14-13(9-15)8-7-12(13)5-4-6-12/h15H,4-9H2,1-3H3,(H,14,16). The number of rotatable bonds is 2. The van der Waals surface area contributed by atoms with E-state index in [2.05, 4.69) is 5.32 Å². The minimum absolute atomic E-state index is 0.0201. The summed E-state index contributed by atoms with van der Waals surface area (Å²) in [5.41, 5.74) is -0.760. The fourth-order valence-corrected chi connectivity index (χ4v) is 3.09. The maximum absolute atomic E-state index is 11.8. The van der Waals surface area contributed by atoms with Gasteiger partial charge >= 0.3 is 6.09 Å². The first-order valence-corrected chi connectivity index (χ1v) is 6.45. The Balaban J connectivity index is 1.99. The van der Waals surface area contributed by atoms with E-state index in [-0.39, 0.29) is 12.0 Å². The Kier molecular flexibility index (Phi) is 2.89. The van der Waals surface area contributed by atoms with Crippen molar-refractivity contribution < 1.29 is 14.6 Å². The van der Waals surface area contributed by atoms with Crippen LogP contribution in [0.1, 0.15) is 52.9 Å². The molecule has 2 rings (SSSR count). The number of aliphatic hydroxyl groups excluding tert-OH is 1. The molecule has 1 amide bonds. The third-order valence-corrected chi connectivity index (χ3v) is 4.37. The van der Waals surface area contributed by atoms with Gasteiger partial charge in [0.15, 0.2) is 0 Å². The number of amides is 1. The highest BCUT2D eigenvalue weighted by atomic mass is 16.6. The molecule has 0 aromatic carbocycles. The summed E-state index contributed by atoms with van der Waals surface area (Å²) in [6.45, 7) is 5.56. The lowest BCUT2D eigenvalue weighted by Crippen LogP contribution is -2.71. The van der Waals surface area contributed by atoms with E-state index in [4.69, 9.17) is 4.74 Å². The Morgan fingerprint density at radius 1 is 1.29 bits per heavy atom. The molecule has 0 aliphatic heterocycles. The number of carbonyl (C=O) groups is 1. The van der Waals surface area contributed by atoms with E-state index in [1.54, 1.807) is 0 Å². The fourth-order valence-electron chi connectivity index (χ4n) is 3.09. The van der Waals surface area contributed by atoms with Crippen LogP contribution in [-0.4, -0.2) is 28.9 Å². The lowest BCUT2D eigenvalue weighted by Gasteiger charge is -2.63. The molecule has 0 aromatic rings. The van der Waals surface area contributed by atoms with E-state index >= 15 is 0 Å². The van der Waals surface area contributed by atoms with Gasteiger partial charge in [0.25, 0.3) is 0 Å². The quantitative estimate of drug-likeness (QED) is 0.779. The number of nitrogens with one attached hydrogen (secondary N) is 1. The van der Waals surface area contributed by atoms with Gasteiger partial charge in [0, 0.05) is 0 Å². The molecule has 2 aliphatic rings. The SMILES string of the molecule is CC(C)(C)OC(=O)NC1(CO)CCC12CCC2. The van der Waals surface area contributed by atoms with Gasteiger partial charge in [0.05, 0.1) is 12.1 Å². The fraction of sp³-hybridized carbons (Fsp3) is 0.923. The normalized spacial score (nSPS) is 30.4. The molecular formula is C13H23NO3. The van der Waals surface area contributed by atoms with E-state index in [0.29, 0.717) is 0 Å². The second-order valence-electron chi connectivity index (χ2n) is 6.50. The monoisotopic (exact) mass is 241 g/mol. The molecule has 0 saturated heterocycles. The van der Waals surface area contributed by atoms with Crippen molar-refractivity contribution in [2.24, 2.45) is 5.41 Å². The summed E-state index contributed by atoms with van der Waals surface area (Å²) in [5.74, 6) is 0. The summed E-state index contributed by atoms with van der Waals surface area (Å²) in [5, 5.41) is 12.5. The average molecular weight is 241 g/mol. The topological polar surface area (TPSA) is 58.6 Å². The predicted molar refractivity (Wildman–Crippen MR) is 64.7 cm³/mol. The Morgan fingerprint density at radius 3 is 2.24 bits per heavy atom. The van der Waals surface area contributed by atoms with Gasteiger partial charge in [-0.15, -0.1) is 0 Å². The smallest absolute Gasteiger partial charge is 0.408 e. The van der Waals surface area contributed by atoms with E-state index in [1.165, 1.54) is 6.42 Å². The van der Waals surface area contributed by atoms with Crippen molar-refractivity contribution in [3.63, 3.8) is 0 Å². The highest BCUT2D eigenvalue weighted by Crippen LogP contribution is 2.61. The van der Waals surface area contributed by atoms with E-state index in [9.17, 15) is 9.90 Å². The largest absolute Gasteiger partial charge is 0.444 e. The molecular weight excluding hydrogens is 218 g/mol. The molecule has 0 heterocycles. The number of hydrogen-bond acceptors (Lipinski definition) is 3. The van der Waals surface area contributed by atoms with Crippen molar-refractivity contribution in [1.29, 1.82) is 0 Å². The van der Waals surface area contributed by atoms with Crippen molar-refractivity contribution in [2.45, 2.75) is 64.0 Å². The van der Waals surface area contributed by atoms with Crippen LogP contribution in [0.25, 0.3) is 0 Å². The van der Waals surface area contributed by atoms with Crippen LogP contribution in [0.3, 0.4) is 0 Å². The van der Waals surface area contributed by atoms with Crippen LogP contribution in [0.2, 0.25) is 0 Å². The summed E-state index contributed by atoms with van der Waals surface area (Å²) in [6.07, 6.45) is 5.01. The molecule has 4 heteroatoms. The molecule has 1 unspecified atom stereocenters. The highest BCUT2D eigenvalue weighted by molar-refractivity contribution is 5.69. The van der Waals surface area contributed by atoms with Gasteiger partial charge in [-0.1, -0.05) is 6.42 Å². The van der Waals surface area contributed by atoms with E-state index in [0.717, 1.165) is 25.7 Å². The van der Waals surface area contributed by atoms with Crippen molar-refractivity contribution in [3.8, 4) is 0 Å². The maximum Gasteiger partial charge on any atom is 0.408 e. The predicted octanol–water partition coefficient (Wildman–Crippen LogP) is 2.21. The van der Waals surface area contributed by atoms with Gasteiger partial charge in [-0.3, -0.25) is 0 Å². The minimum atomic E-state index is -0.489. The maximum atomic E-state index is 11.8. The molecule has 2 fully saturated rings. The molecule has 2 saturated carbocycles. The summed E-state index contributed by atoms with van der Waals surface area (Å²) in [6, 6.07) is 0. The molecule has 0 aromatic heterocycles. The molecule has 1 atom stereocenters. The van der Waals surface area contributed by atoms with Gasteiger partial charge in [0.2, 0.25) is 0 Å². The van der Waals surface area contributed by atoms with Gasteiger partial charge < -0.3 is 15.2 Å². The lowest BCUT2D eigenvalue weighted by atomic mass is 9.46. The molecule has 98 valence electrons. The minimum Gasteiger partial charge on any atom is -0.444 e.